The van der Waals surface area contributed by atoms with Gasteiger partial charge in [0.05, 0.1) is 25.2 Å². The first-order valence-electron chi connectivity index (χ1n) is 9.38. The lowest BCUT2D eigenvalue weighted by Gasteiger charge is -2.15. The van der Waals surface area contributed by atoms with Gasteiger partial charge in [-0.2, -0.15) is 0 Å². The molecule has 0 bridgehead atoms. The van der Waals surface area contributed by atoms with Crippen LogP contribution in [0.3, 0.4) is 0 Å². The highest BCUT2D eigenvalue weighted by atomic mass is 16.5. The predicted molar refractivity (Wildman–Crippen MR) is 90.3 cm³/mol. The van der Waals surface area contributed by atoms with Crippen LogP contribution in [0.5, 0.6) is 0 Å². The molecule has 0 spiro atoms. The second-order valence-electron chi connectivity index (χ2n) is 7.82. The summed E-state index contributed by atoms with van der Waals surface area (Å²) in [5, 5.41) is 10.1. The number of unbranched alkanes of at least 4 members (excludes halogenated alkanes) is 2. The van der Waals surface area contributed by atoms with E-state index in [1.165, 1.54) is 7.11 Å². The molecule has 2 aliphatic carbocycles. The zero-order valence-corrected chi connectivity index (χ0v) is 14.9. The van der Waals surface area contributed by atoms with Crippen LogP contribution in [-0.2, 0) is 19.1 Å². The third kappa shape index (κ3) is 5.76. The van der Waals surface area contributed by atoms with Crippen LogP contribution in [0.2, 0.25) is 0 Å². The summed E-state index contributed by atoms with van der Waals surface area (Å²) in [6.07, 6.45) is 11.7. The number of rotatable bonds is 14. The van der Waals surface area contributed by atoms with Gasteiger partial charge in [0.2, 0.25) is 0 Å². The van der Waals surface area contributed by atoms with Gasteiger partial charge in [-0.15, -0.1) is 0 Å². The van der Waals surface area contributed by atoms with Crippen molar-refractivity contribution in [2.45, 2.75) is 83.2 Å². The van der Waals surface area contributed by atoms with Gasteiger partial charge in [0.25, 0.3) is 6.47 Å². The maximum atomic E-state index is 11.7. The molecule has 0 aromatic rings. The normalized spacial score (nSPS) is 20.9. The first kappa shape index (κ1) is 19.2. The molecule has 2 saturated carbocycles. The van der Waals surface area contributed by atoms with Crippen molar-refractivity contribution in [1.29, 1.82) is 0 Å². The van der Waals surface area contributed by atoms with Gasteiger partial charge < -0.3 is 14.6 Å². The molecule has 0 aliphatic heterocycles. The van der Waals surface area contributed by atoms with Crippen LogP contribution >= 0.6 is 0 Å². The fraction of sp³-hybridized carbons (Fsp3) is 0.895. The van der Waals surface area contributed by atoms with E-state index in [4.69, 9.17) is 9.47 Å². The molecule has 0 aromatic carbocycles. The highest BCUT2D eigenvalue weighted by Gasteiger charge is 2.50. The lowest BCUT2D eigenvalue weighted by Crippen LogP contribution is -2.17. The number of hydrogen-bond donors (Lipinski definition) is 1. The third-order valence-electron chi connectivity index (χ3n) is 5.82. The fourth-order valence-corrected chi connectivity index (χ4v) is 3.65. The Hall–Kier alpha value is -1.10. The van der Waals surface area contributed by atoms with Gasteiger partial charge in [0.1, 0.15) is 0 Å². The van der Waals surface area contributed by atoms with Crippen molar-refractivity contribution in [1.82, 2.24) is 0 Å². The molecule has 24 heavy (non-hydrogen) atoms. The minimum atomic E-state index is -0.236. The van der Waals surface area contributed by atoms with Crippen LogP contribution in [0.15, 0.2) is 0 Å². The van der Waals surface area contributed by atoms with Crippen LogP contribution in [0.1, 0.15) is 77.0 Å². The van der Waals surface area contributed by atoms with Crippen LogP contribution in [0.4, 0.5) is 0 Å². The van der Waals surface area contributed by atoms with Crippen molar-refractivity contribution in [3.63, 3.8) is 0 Å². The number of aliphatic hydroxyl groups excluding tert-OH is 1. The van der Waals surface area contributed by atoms with Crippen LogP contribution < -0.4 is 0 Å². The number of ether oxygens (including phenoxy) is 2. The third-order valence-corrected chi connectivity index (χ3v) is 5.82. The summed E-state index contributed by atoms with van der Waals surface area (Å²) in [5.41, 5.74) is 0.0558. The van der Waals surface area contributed by atoms with Crippen molar-refractivity contribution in [2.75, 3.05) is 13.7 Å². The minimum absolute atomic E-state index is 0.0596. The Morgan fingerprint density at radius 2 is 1.71 bits per heavy atom. The van der Waals surface area contributed by atoms with Gasteiger partial charge in [-0.25, -0.2) is 0 Å². The van der Waals surface area contributed by atoms with Gasteiger partial charge in [-0.05, 0) is 51.4 Å². The Morgan fingerprint density at radius 3 is 2.21 bits per heavy atom. The second-order valence-corrected chi connectivity index (χ2v) is 7.82. The summed E-state index contributed by atoms with van der Waals surface area (Å²) < 4.78 is 9.76. The minimum Gasteiger partial charge on any atom is -0.469 e. The number of esters is 1. The molecule has 2 aliphatic rings. The summed E-state index contributed by atoms with van der Waals surface area (Å²) in [7, 11) is 1.46. The van der Waals surface area contributed by atoms with Crippen LogP contribution in [0, 0.1) is 10.8 Å². The largest absolute Gasteiger partial charge is 0.469 e. The number of hydrogen-bond acceptors (Lipinski definition) is 5. The van der Waals surface area contributed by atoms with E-state index >= 15 is 0 Å². The average molecular weight is 340 g/mol. The van der Waals surface area contributed by atoms with Crippen molar-refractivity contribution in [3.05, 3.63) is 0 Å². The summed E-state index contributed by atoms with van der Waals surface area (Å²) in [6, 6.07) is 0. The summed E-state index contributed by atoms with van der Waals surface area (Å²) in [5.74, 6) is -0.0596. The first-order chi connectivity index (χ1) is 11.6. The van der Waals surface area contributed by atoms with E-state index in [2.05, 4.69) is 0 Å². The van der Waals surface area contributed by atoms with Gasteiger partial charge in [-0.1, -0.05) is 25.7 Å². The Balaban J connectivity index is 1.46. The van der Waals surface area contributed by atoms with Crippen LogP contribution in [0.25, 0.3) is 0 Å². The highest BCUT2D eigenvalue weighted by molar-refractivity contribution is 5.79. The Labute approximate surface area is 145 Å². The molecule has 2 fully saturated rings. The van der Waals surface area contributed by atoms with E-state index in [0.717, 1.165) is 77.0 Å². The molecule has 5 nitrogen and oxygen atoms in total. The smallest absolute Gasteiger partial charge is 0.311 e. The van der Waals surface area contributed by atoms with Gasteiger partial charge >= 0.3 is 5.97 Å². The average Bonchev–Trinajstić information content (AvgIpc) is 3.50. The summed E-state index contributed by atoms with van der Waals surface area (Å²) in [6.45, 7) is 1.09. The van der Waals surface area contributed by atoms with Gasteiger partial charge in [-0.3, -0.25) is 9.59 Å². The Kier molecular flexibility index (Phi) is 7.08. The molecule has 1 atom stereocenters. The molecule has 0 saturated heterocycles. The molecule has 0 amide bonds. The lowest BCUT2D eigenvalue weighted by molar-refractivity contribution is -0.147. The summed E-state index contributed by atoms with van der Waals surface area (Å²) >= 11 is 0. The predicted octanol–water partition coefficient (Wildman–Crippen LogP) is 3.37. The van der Waals surface area contributed by atoms with Crippen LogP contribution in [-0.4, -0.2) is 37.4 Å². The molecule has 1 unspecified atom stereocenters. The van der Waals surface area contributed by atoms with E-state index in [1.54, 1.807) is 0 Å². The molecule has 0 heterocycles. The molecule has 5 heteroatoms. The Bertz CT molecular complexity index is 412. The van der Waals surface area contributed by atoms with Gasteiger partial charge in [0, 0.05) is 5.41 Å². The number of carbonyl (C=O) groups excluding carboxylic acids is 2. The number of aliphatic hydroxyl groups is 1. The quantitative estimate of drug-likeness (QED) is 0.298. The zero-order chi connectivity index (χ0) is 17.5. The topological polar surface area (TPSA) is 72.8 Å². The highest BCUT2D eigenvalue weighted by Crippen LogP contribution is 2.51. The van der Waals surface area contributed by atoms with Gasteiger partial charge in [0.15, 0.2) is 0 Å². The van der Waals surface area contributed by atoms with E-state index in [9.17, 15) is 14.7 Å². The molecule has 0 aromatic heterocycles. The summed E-state index contributed by atoms with van der Waals surface area (Å²) in [4.78, 5) is 21.9. The van der Waals surface area contributed by atoms with Crippen molar-refractivity contribution < 1.29 is 24.2 Å². The van der Waals surface area contributed by atoms with E-state index in [0.29, 0.717) is 13.1 Å². The monoisotopic (exact) mass is 340 g/mol. The number of methoxy groups -OCH3 is 1. The SMILES string of the molecule is COC(=O)C1(CCCCC(O)CCCCC2(COC=O)CC2)CC1. The molecule has 1 N–H and O–H groups in total. The molecule has 0 radical (unpaired) electrons. The second kappa shape index (κ2) is 8.84. The van der Waals surface area contributed by atoms with Crippen molar-refractivity contribution in [2.24, 2.45) is 10.8 Å². The van der Waals surface area contributed by atoms with E-state index in [1.807, 2.05) is 0 Å². The molecule has 2 rings (SSSR count). The zero-order valence-electron chi connectivity index (χ0n) is 14.9. The number of carbonyl (C=O) groups is 2. The lowest BCUT2D eigenvalue weighted by atomic mass is 9.95. The molecule has 138 valence electrons. The maximum Gasteiger partial charge on any atom is 0.311 e. The standard InChI is InChI=1S/C19H32O5/c1-23-17(22)19(12-13-19)9-5-3-7-16(21)6-2-4-8-18(10-11-18)14-24-15-20/h15-16,21H,2-14H2,1H3. The van der Waals surface area contributed by atoms with Crippen molar-refractivity contribution >= 4 is 12.4 Å². The maximum absolute atomic E-state index is 11.7. The van der Waals surface area contributed by atoms with E-state index in [-0.39, 0.29) is 22.9 Å². The van der Waals surface area contributed by atoms with Crippen molar-refractivity contribution in [3.8, 4) is 0 Å². The first-order valence-corrected chi connectivity index (χ1v) is 9.38. The fourth-order valence-electron chi connectivity index (χ4n) is 3.65. The molecular weight excluding hydrogens is 308 g/mol. The Morgan fingerprint density at radius 1 is 1.08 bits per heavy atom. The molecular formula is C19H32O5. The van der Waals surface area contributed by atoms with E-state index < -0.39 is 0 Å².